The van der Waals surface area contributed by atoms with Gasteiger partial charge >= 0.3 is 6.03 Å². The van der Waals surface area contributed by atoms with Crippen LogP contribution < -0.4 is 15.4 Å². The van der Waals surface area contributed by atoms with Gasteiger partial charge in [0.25, 0.3) is 0 Å². The minimum absolute atomic E-state index is 0.220. The van der Waals surface area contributed by atoms with Gasteiger partial charge in [-0.2, -0.15) is 0 Å². The van der Waals surface area contributed by atoms with Crippen molar-refractivity contribution < 1.29 is 9.53 Å². The van der Waals surface area contributed by atoms with Gasteiger partial charge in [-0.15, -0.1) is 0 Å². The normalized spacial score (nSPS) is 14.2. The number of benzene rings is 1. The molecule has 18 heavy (non-hydrogen) atoms. The number of nitrogens with one attached hydrogen (secondary N) is 2. The third kappa shape index (κ3) is 3.52. The Labute approximate surface area is 107 Å². The largest absolute Gasteiger partial charge is 0.497 e. The lowest BCUT2D eigenvalue weighted by Crippen LogP contribution is -2.24. The fraction of sp³-hybridized carbons (Fsp3) is 0.357. The van der Waals surface area contributed by atoms with E-state index in [9.17, 15) is 4.79 Å². The molecule has 1 aromatic rings. The molecule has 0 aromatic heterocycles. The van der Waals surface area contributed by atoms with Crippen LogP contribution in [0.3, 0.4) is 0 Å². The number of amides is 2. The summed E-state index contributed by atoms with van der Waals surface area (Å²) in [5.74, 6) is 0.724. The second-order valence-corrected chi connectivity index (χ2v) is 4.34. The van der Waals surface area contributed by atoms with Crippen LogP contribution >= 0.6 is 0 Å². The van der Waals surface area contributed by atoms with Crippen molar-refractivity contribution in [1.82, 2.24) is 5.32 Å². The topological polar surface area (TPSA) is 50.4 Å². The lowest BCUT2D eigenvalue weighted by molar-refractivity contribution is 0.255. The SMILES string of the molecule is COc1cccc(NC(=O)NC=C2CCCC2)c1. The Morgan fingerprint density at radius 1 is 1.33 bits per heavy atom. The summed E-state index contributed by atoms with van der Waals surface area (Å²) in [5, 5.41) is 5.52. The highest BCUT2D eigenvalue weighted by Gasteiger charge is 2.07. The predicted molar refractivity (Wildman–Crippen MR) is 71.7 cm³/mol. The second-order valence-electron chi connectivity index (χ2n) is 4.34. The van der Waals surface area contributed by atoms with Crippen LogP contribution in [-0.2, 0) is 0 Å². The Morgan fingerprint density at radius 3 is 2.83 bits per heavy atom. The third-order valence-electron chi connectivity index (χ3n) is 2.98. The van der Waals surface area contributed by atoms with Crippen LogP contribution in [0.4, 0.5) is 10.5 Å². The Kier molecular flexibility index (Phi) is 4.23. The zero-order valence-corrected chi connectivity index (χ0v) is 10.5. The Bertz CT molecular complexity index is 447. The highest BCUT2D eigenvalue weighted by molar-refractivity contribution is 5.90. The van der Waals surface area contributed by atoms with Crippen LogP contribution in [0.25, 0.3) is 0 Å². The molecule has 0 atom stereocenters. The quantitative estimate of drug-likeness (QED) is 0.860. The molecule has 4 heteroatoms. The van der Waals surface area contributed by atoms with Gasteiger partial charge in [-0.05, 0) is 37.8 Å². The number of rotatable bonds is 3. The van der Waals surface area contributed by atoms with Crippen molar-refractivity contribution in [3.8, 4) is 5.75 Å². The average molecular weight is 246 g/mol. The summed E-state index contributed by atoms with van der Waals surface area (Å²) in [6, 6.07) is 7.06. The zero-order chi connectivity index (χ0) is 12.8. The van der Waals surface area contributed by atoms with Crippen LogP contribution in [0.1, 0.15) is 25.7 Å². The average Bonchev–Trinajstić information content (AvgIpc) is 2.90. The molecule has 0 aliphatic heterocycles. The first kappa shape index (κ1) is 12.5. The van der Waals surface area contributed by atoms with Gasteiger partial charge in [0, 0.05) is 18.0 Å². The van der Waals surface area contributed by atoms with Gasteiger partial charge in [-0.25, -0.2) is 4.79 Å². The van der Waals surface area contributed by atoms with E-state index in [2.05, 4.69) is 10.6 Å². The lowest BCUT2D eigenvalue weighted by atomic mass is 10.2. The maximum atomic E-state index is 11.7. The highest BCUT2D eigenvalue weighted by Crippen LogP contribution is 2.22. The van der Waals surface area contributed by atoms with Crippen LogP contribution in [0.5, 0.6) is 5.75 Å². The number of hydrogen-bond acceptors (Lipinski definition) is 2. The summed E-state index contributed by atoms with van der Waals surface area (Å²) < 4.78 is 5.09. The summed E-state index contributed by atoms with van der Waals surface area (Å²) in [6.07, 6.45) is 6.47. The summed E-state index contributed by atoms with van der Waals surface area (Å²) in [7, 11) is 1.60. The molecule has 1 aliphatic carbocycles. The molecule has 0 bridgehead atoms. The first-order chi connectivity index (χ1) is 8.78. The number of allylic oxidation sites excluding steroid dienone is 1. The van der Waals surface area contributed by atoms with Gasteiger partial charge in [0.1, 0.15) is 5.75 Å². The first-order valence-corrected chi connectivity index (χ1v) is 6.17. The fourth-order valence-corrected chi connectivity index (χ4v) is 2.01. The van der Waals surface area contributed by atoms with E-state index in [-0.39, 0.29) is 6.03 Å². The van der Waals surface area contributed by atoms with Gasteiger partial charge < -0.3 is 15.4 Å². The molecule has 0 radical (unpaired) electrons. The number of hydrogen-bond donors (Lipinski definition) is 2. The number of ether oxygens (including phenoxy) is 1. The van der Waals surface area contributed by atoms with Crippen molar-refractivity contribution in [2.75, 3.05) is 12.4 Å². The molecule has 0 heterocycles. The lowest BCUT2D eigenvalue weighted by Gasteiger charge is -2.07. The number of carbonyl (C=O) groups is 1. The molecule has 2 rings (SSSR count). The standard InChI is InChI=1S/C14H18N2O2/c1-18-13-8-4-7-12(9-13)16-14(17)15-10-11-5-2-3-6-11/h4,7-10H,2-3,5-6H2,1H3,(H2,15,16,17). The van der Waals surface area contributed by atoms with Crippen LogP contribution in [0.2, 0.25) is 0 Å². The molecule has 1 aromatic carbocycles. The minimum Gasteiger partial charge on any atom is -0.497 e. The van der Waals surface area contributed by atoms with E-state index in [4.69, 9.17) is 4.74 Å². The molecule has 0 unspecified atom stereocenters. The van der Waals surface area contributed by atoms with E-state index in [0.29, 0.717) is 0 Å². The van der Waals surface area contributed by atoms with Crippen molar-refractivity contribution in [3.63, 3.8) is 0 Å². The molecule has 0 spiro atoms. The fourth-order valence-electron chi connectivity index (χ4n) is 2.01. The molecule has 1 aliphatic rings. The van der Waals surface area contributed by atoms with E-state index >= 15 is 0 Å². The molecule has 1 fully saturated rings. The maximum Gasteiger partial charge on any atom is 0.323 e. The van der Waals surface area contributed by atoms with Crippen molar-refractivity contribution in [3.05, 3.63) is 36.0 Å². The van der Waals surface area contributed by atoms with Crippen LogP contribution in [0.15, 0.2) is 36.0 Å². The third-order valence-corrected chi connectivity index (χ3v) is 2.98. The van der Waals surface area contributed by atoms with E-state index in [1.807, 2.05) is 24.4 Å². The molecule has 0 saturated heterocycles. The van der Waals surface area contributed by atoms with Crippen molar-refractivity contribution in [2.45, 2.75) is 25.7 Å². The predicted octanol–water partition coefficient (Wildman–Crippen LogP) is 3.27. The van der Waals surface area contributed by atoms with E-state index < -0.39 is 0 Å². The van der Waals surface area contributed by atoms with E-state index in [0.717, 1.165) is 24.3 Å². The van der Waals surface area contributed by atoms with Gasteiger partial charge in [0.2, 0.25) is 0 Å². The van der Waals surface area contributed by atoms with Gasteiger partial charge in [-0.1, -0.05) is 11.6 Å². The van der Waals surface area contributed by atoms with Crippen molar-refractivity contribution >= 4 is 11.7 Å². The smallest absolute Gasteiger partial charge is 0.323 e. The Morgan fingerprint density at radius 2 is 2.11 bits per heavy atom. The van der Waals surface area contributed by atoms with Crippen LogP contribution in [-0.4, -0.2) is 13.1 Å². The number of anilines is 1. The van der Waals surface area contributed by atoms with Crippen molar-refractivity contribution in [1.29, 1.82) is 0 Å². The van der Waals surface area contributed by atoms with E-state index in [1.165, 1.54) is 18.4 Å². The Hall–Kier alpha value is -1.97. The van der Waals surface area contributed by atoms with E-state index in [1.54, 1.807) is 13.2 Å². The summed E-state index contributed by atoms with van der Waals surface area (Å²) in [5.41, 5.74) is 2.03. The molecule has 4 nitrogen and oxygen atoms in total. The summed E-state index contributed by atoms with van der Waals surface area (Å²) in [6.45, 7) is 0. The number of carbonyl (C=O) groups excluding carboxylic acids is 1. The highest BCUT2D eigenvalue weighted by atomic mass is 16.5. The van der Waals surface area contributed by atoms with Gasteiger partial charge in [-0.3, -0.25) is 0 Å². The number of methoxy groups -OCH3 is 1. The maximum absolute atomic E-state index is 11.7. The second kappa shape index (κ2) is 6.10. The molecule has 96 valence electrons. The monoisotopic (exact) mass is 246 g/mol. The van der Waals surface area contributed by atoms with Gasteiger partial charge in [0.05, 0.1) is 7.11 Å². The first-order valence-electron chi connectivity index (χ1n) is 6.17. The molecule has 2 amide bonds. The van der Waals surface area contributed by atoms with Crippen molar-refractivity contribution in [2.24, 2.45) is 0 Å². The number of urea groups is 1. The molecular formula is C14H18N2O2. The summed E-state index contributed by atoms with van der Waals surface area (Å²) in [4.78, 5) is 11.7. The molecular weight excluding hydrogens is 228 g/mol. The minimum atomic E-state index is -0.220. The zero-order valence-electron chi connectivity index (χ0n) is 10.5. The summed E-state index contributed by atoms with van der Waals surface area (Å²) >= 11 is 0. The molecule has 1 saturated carbocycles. The van der Waals surface area contributed by atoms with Gasteiger partial charge in [0.15, 0.2) is 0 Å². The molecule has 2 N–H and O–H groups in total. The van der Waals surface area contributed by atoms with Crippen LogP contribution in [0, 0.1) is 0 Å². The Balaban J connectivity index is 1.88.